The molecule has 4 heterocycles. The quantitative estimate of drug-likeness (QED) is 0.663. The molecule has 3 saturated heterocycles. The molecule has 3 aliphatic rings. The maximum Gasteiger partial charge on any atom is 0.265 e. The number of morpholine rings is 1. The van der Waals surface area contributed by atoms with Crippen LogP contribution in [0.15, 0.2) is 16.3 Å². The zero-order chi connectivity index (χ0) is 22.0. The molecule has 0 radical (unpaired) electrons. The molecule has 2 atom stereocenters. The van der Waals surface area contributed by atoms with Crippen LogP contribution in [-0.4, -0.2) is 86.5 Å². The normalized spacial score (nSPS) is 27.5. The van der Waals surface area contributed by atoms with Crippen molar-refractivity contribution in [3.05, 3.63) is 16.3 Å². The van der Waals surface area contributed by atoms with Crippen molar-refractivity contribution >= 4 is 27.3 Å². The summed E-state index contributed by atoms with van der Waals surface area (Å²) in [6.07, 6.45) is 5.31. The third-order valence-corrected chi connectivity index (χ3v) is 9.64. The van der Waals surface area contributed by atoms with Crippen LogP contribution in [0.25, 0.3) is 0 Å². The predicted molar refractivity (Wildman–Crippen MR) is 122 cm³/mol. The van der Waals surface area contributed by atoms with E-state index in [0.29, 0.717) is 37.0 Å². The molecule has 0 saturated carbocycles. The SMILES string of the molecule is CC1CN(CC2CCN(C(=O)c3sccc3S(=O)(=O)N3CCCCC3)CC2)CC(C)O1. The molecule has 31 heavy (non-hydrogen) atoms. The molecule has 9 heteroatoms. The third-order valence-electron chi connectivity index (χ3n) is 6.67. The van der Waals surface area contributed by atoms with Crippen molar-refractivity contribution in [2.45, 2.75) is 63.1 Å². The van der Waals surface area contributed by atoms with Crippen molar-refractivity contribution in [1.29, 1.82) is 0 Å². The summed E-state index contributed by atoms with van der Waals surface area (Å²) >= 11 is 1.25. The lowest BCUT2D eigenvalue weighted by Gasteiger charge is -2.39. The van der Waals surface area contributed by atoms with E-state index in [4.69, 9.17) is 4.74 Å². The first-order chi connectivity index (χ1) is 14.8. The Morgan fingerprint density at radius 1 is 1.06 bits per heavy atom. The molecule has 1 aromatic rings. The Bertz CT molecular complexity index is 848. The van der Waals surface area contributed by atoms with E-state index in [1.165, 1.54) is 11.3 Å². The lowest BCUT2D eigenvalue weighted by Crippen LogP contribution is -2.48. The largest absolute Gasteiger partial charge is 0.373 e. The van der Waals surface area contributed by atoms with Gasteiger partial charge < -0.3 is 9.64 Å². The highest BCUT2D eigenvalue weighted by atomic mass is 32.2. The molecule has 4 rings (SSSR count). The molecule has 0 aliphatic carbocycles. The molecule has 3 fully saturated rings. The van der Waals surface area contributed by atoms with Gasteiger partial charge in [-0.1, -0.05) is 6.42 Å². The number of hydrogen-bond donors (Lipinski definition) is 0. The van der Waals surface area contributed by atoms with Gasteiger partial charge in [0.25, 0.3) is 5.91 Å². The van der Waals surface area contributed by atoms with Gasteiger partial charge in [0.1, 0.15) is 9.77 Å². The lowest BCUT2D eigenvalue weighted by atomic mass is 9.95. The van der Waals surface area contributed by atoms with Crippen LogP contribution in [0.2, 0.25) is 0 Å². The second-order valence-electron chi connectivity index (χ2n) is 9.29. The number of piperidine rings is 2. The maximum absolute atomic E-state index is 13.2. The lowest BCUT2D eigenvalue weighted by molar-refractivity contribution is -0.0728. The maximum atomic E-state index is 13.2. The summed E-state index contributed by atoms with van der Waals surface area (Å²) in [5.41, 5.74) is 0. The number of ether oxygens (including phenoxy) is 1. The van der Waals surface area contributed by atoms with Crippen LogP contribution in [0.5, 0.6) is 0 Å². The molecule has 1 amide bonds. The van der Waals surface area contributed by atoms with Gasteiger partial charge in [0.2, 0.25) is 10.0 Å². The van der Waals surface area contributed by atoms with E-state index in [1.807, 2.05) is 4.90 Å². The van der Waals surface area contributed by atoms with Crippen molar-refractivity contribution in [2.24, 2.45) is 5.92 Å². The first-order valence-electron chi connectivity index (χ1n) is 11.6. The van der Waals surface area contributed by atoms with Crippen molar-refractivity contribution in [3.63, 3.8) is 0 Å². The number of amides is 1. The molecule has 0 bridgehead atoms. The Labute approximate surface area is 190 Å². The van der Waals surface area contributed by atoms with E-state index < -0.39 is 10.0 Å². The molecular weight excluding hydrogens is 434 g/mol. The highest BCUT2D eigenvalue weighted by molar-refractivity contribution is 7.89. The Kier molecular flexibility index (Phi) is 7.37. The van der Waals surface area contributed by atoms with E-state index in [1.54, 1.807) is 15.8 Å². The topological polar surface area (TPSA) is 70.2 Å². The first kappa shape index (κ1) is 23.2. The highest BCUT2D eigenvalue weighted by Gasteiger charge is 2.34. The van der Waals surface area contributed by atoms with Gasteiger partial charge in [-0.05, 0) is 56.9 Å². The van der Waals surface area contributed by atoms with Crippen LogP contribution in [0.3, 0.4) is 0 Å². The average Bonchev–Trinajstić information content (AvgIpc) is 3.24. The Hall–Kier alpha value is -1.00. The van der Waals surface area contributed by atoms with Gasteiger partial charge in [0.15, 0.2) is 0 Å². The van der Waals surface area contributed by atoms with Gasteiger partial charge in [-0.15, -0.1) is 11.3 Å². The smallest absolute Gasteiger partial charge is 0.265 e. The molecule has 2 unspecified atom stereocenters. The molecule has 0 N–H and O–H groups in total. The second-order valence-corrected chi connectivity index (χ2v) is 12.1. The summed E-state index contributed by atoms with van der Waals surface area (Å²) in [6.45, 7) is 9.73. The van der Waals surface area contributed by atoms with Gasteiger partial charge in [-0.3, -0.25) is 9.69 Å². The van der Waals surface area contributed by atoms with Crippen LogP contribution in [0, 0.1) is 5.92 Å². The van der Waals surface area contributed by atoms with E-state index in [-0.39, 0.29) is 23.0 Å². The fourth-order valence-corrected chi connectivity index (χ4v) is 8.04. The van der Waals surface area contributed by atoms with Crippen LogP contribution in [0.1, 0.15) is 55.6 Å². The number of likely N-dealkylation sites (tertiary alicyclic amines) is 1. The molecule has 0 spiro atoms. The third kappa shape index (κ3) is 5.33. The highest BCUT2D eigenvalue weighted by Crippen LogP contribution is 2.30. The minimum absolute atomic E-state index is 0.127. The van der Waals surface area contributed by atoms with Crippen molar-refractivity contribution in [3.8, 4) is 0 Å². The van der Waals surface area contributed by atoms with Gasteiger partial charge in [0.05, 0.1) is 12.2 Å². The molecule has 0 aromatic carbocycles. The van der Waals surface area contributed by atoms with Crippen LogP contribution >= 0.6 is 11.3 Å². The van der Waals surface area contributed by atoms with E-state index in [9.17, 15) is 13.2 Å². The second kappa shape index (κ2) is 9.87. The summed E-state index contributed by atoms with van der Waals surface area (Å²) in [6, 6.07) is 1.61. The standard InChI is InChI=1S/C22H35N3O4S2/c1-17-14-23(15-18(2)29-17)16-19-6-11-24(12-7-19)22(26)21-20(8-13-30-21)31(27,28)25-9-4-3-5-10-25/h8,13,17-19H,3-7,9-12,14-16H2,1-2H3. The number of carbonyl (C=O) groups is 1. The minimum Gasteiger partial charge on any atom is -0.373 e. The number of carbonyl (C=O) groups excluding carboxylic acids is 1. The molecule has 174 valence electrons. The van der Waals surface area contributed by atoms with Gasteiger partial charge in [-0.2, -0.15) is 4.31 Å². The van der Waals surface area contributed by atoms with Crippen LogP contribution in [0.4, 0.5) is 0 Å². The molecule has 1 aromatic heterocycles. The number of hydrogen-bond acceptors (Lipinski definition) is 6. The zero-order valence-electron chi connectivity index (χ0n) is 18.7. The number of thiophene rings is 1. The zero-order valence-corrected chi connectivity index (χ0v) is 20.3. The van der Waals surface area contributed by atoms with Crippen molar-refractivity contribution in [2.75, 3.05) is 45.8 Å². The van der Waals surface area contributed by atoms with Crippen molar-refractivity contribution in [1.82, 2.24) is 14.1 Å². The molecule has 7 nitrogen and oxygen atoms in total. The van der Waals surface area contributed by atoms with E-state index in [2.05, 4.69) is 18.7 Å². The first-order valence-corrected chi connectivity index (χ1v) is 13.9. The Morgan fingerprint density at radius 2 is 1.71 bits per heavy atom. The Morgan fingerprint density at radius 3 is 2.35 bits per heavy atom. The van der Waals surface area contributed by atoms with Crippen LogP contribution in [-0.2, 0) is 14.8 Å². The van der Waals surface area contributed by atoms with Crippen LogP contribution < -0.4 is 0 Å². The number of nitrogens with zero attached hydrogens (tertiary/aromatic N) is 3. The summed E-state index contributed by atoms with van der Waals surface area (Å²) in [5.74, 6) is 0.444. The van der Waals surface area contributed by atoms with Gasteiger partial charge >= 0.3 is 0 Å². The van der Waals surface area contributed by atoms with E-state index in [0.717, 1.165) is 51.7 Å². The molecule has 3 aliphatic heterocycles. The summed E-state index contributed by atoms with van der Waals surface area (Å²) < 4.78 is 33.6. The summed E-state index contributed by atoms with van der Waals surface area (Å²) in [7, 11) is -3.60. The molecular formula is C22H35N3O4S2. The van der Waals surface area contributed by atoms with E-state index >= 15 is 0 Å². The summed E-state index contributed by atoms with van der Waals surface area (Å²) in [4.78, 5) is 18.1. The van der Waals surface area contributed by atoms with Crippen molar-refractivity contribution < 1.29 is 17.9 Å². The summed E-state index contributed by atoms with van der Waals surface area (Å²) in [5, 5.41) is 1.73. The number of rotatable bonds is 5. The predicted octanol–water partition coefficient (Wildman–Crippen LogP) is 2.88. The average molecular weight is 470 g/mol. The number of sulfonamides is 1. The monoisotopic (exact) mass is 469 g/mol. The van der Waals surface area contributed by atoms with Gasteiger partial charge in [-0.25, -0.2) is 8.42 Å². The minimum atomic E-state index is -3.60. The van der Waals surface area contributed by atoms with Gasteiger partial charge in [0, 0.05) is 45.8 Å². The Balaban J connectivity index is 1.36. The fourth-order valence-electron chi connectivity index (χ4n) is 5.16. The fraction of sp³-hybridized carbons (Fsp3) is 0.773.